The van der Waals surface area contributed by atoms with Crippen LogP contribution in [-0.4, -0.2) is 57.3 Å². The third-order valence-electron chi connectivity index (χ3n) is 5.80. The summed E-state index contributed by atoms with van der Waals surface area (Å²) in [5.41, 5.74) is 2.03. The van der Waals surface area contributed by atoms with Crippen molar-refractivity contribution < 1.29 is 9.53 Å². The van der Waals surface area contributed by atoms with Crippen LogP contribution in [0.1, 0.15) is 30.9 Å². The van der Waals surface area contributed by atoms with E-state index in [4.69, 9.17) is 4.74 Å². The van der Waals surface area contributed by atoms with E-state index in [9.17, 15) is 4.79 Å². The molecule has 1 aromatic heterocycles. The highest BCUT2D eigenvalue weighted by atomic mass is 16.5. The first kappa shape index (κ1) is 18.0. The highest BCUT2D eigenvalue weighted by Crippen LogP contribution is 2.36. The van der Waals surface area contributed by atoms with Crippen molar-refractivity contribution >= 4 is 5.91 Å². The number of nitrogens with zero attached hydrogens (tertiary/aromatic N) is 4. The quantitative estimate of drug-likeness (QED) is 0.835. The number of fused-ring (bicyclic) bond motifs is 1. The van der Waals surface area contributed by atoms with Crippen LogP contribution in [0.5, 0.6) is 5.75 Å². The summed E-state index contributed by atoms with van der Waals surface area (Å²) in [7, 11) is 0. The van der Waals surface area contributed by atoms with Crippen LogP contribution in [-0.2, 0) is 17.9 Å². The molecule has 2 aliphatic heterocycles. The van der Waals surface area contributed by atoms with E-state index in [1.54, 1.807) is 6.92 Å². The lowest BCUT2D eigenvalue weighted by Gasteiger charge is -2.42. The van der Waals surface area contributed by atoms with Crippen LogP contribution < -0.4 is 4.74 Å². The minimum atomic E-state index is -0.283. The SMILES string of the molecule is CC(=O)N1Cc2cc(C)ccc2OC2(CCN(CCn3cccn3)CC2)C1. The summed E-state index contributed by atoms with van der Waals surface area (Å²) >= 11 is 0. The zero-order valence-electron chi connectivity index (χ0n) is 16.2. The van der Waals surface area contributed by atoms with E-state index < -0.39 is 0 Å². The number of piperidine rings is 1. The molecular formula is C21H28N4O2. The average Bonchev–Trinajstić information content (AvgIpc) is 3.11. The number of amides is 1. The van der Waals surface area contributed by atoms with Crippen LogP contribution in [0.25, 0.3) is 0 Å². The summed E-state index contributed by atoms with van der Waals surface area (Å²) in [6.07, 6.45) is 5.69. The van der Waals surface area contributed by atoms with E-state index in [1.807, 2.05) is 28.0 Å². The monoisotopic (exact) mass is 368 g/mol. The number of likely N-dealkylation sites (tertiary alicyclic amines) is 1. The zero-order valence-corrected chi connectivity index (χ0v) is 16.2. The van der Waals surface area contributed by atoms with Gasteiger partial charge in [-0.05, 0) is 19.1 Å². The van der Waals surface area contributed by atoms with Gasteiger partial charge in [0.2, 0.25) is 5.91 Å². The second kappa shape index (κ2) is 7.35. The molecule has 6 nitrogen and oxygen atoms in total. The molecule has 144 valence electrons. The molecule has 4 rings (SSSR count). The number of carbonyl (C=O) groups is 1. The van der Waals surface area contributed by atoms with E-state index in [1.165, 1.54) is 5.56 Å². The molecule has 0 aliphatic carbocycles. The molecule has 1 spiro atoms. The Morgan fingerprint density at radius 2 is 2.07 bits per heavy atom. The Morgan fingerprint density at radius 1 is 1.26 bits per heavy atom. The van der Waals surface area contributed by atoms with Gasteiger partial charge < -0.3 is 14.5 Å². The summed E-state index contributed by atoms with van der Waals surface area (Å²) in [6, 6.07) is 8.26. The smallest absolute Gasteiger partial charge is 0.219 e. The van der Waals surface area contributed by atoms with Gasteiger partial charge in [0.15, 0.2) is 0 Å². The van der Waals surface area contributed by atoms with Crippen molar-refractivity contribution in [3.63, 3.8) is 0 Å². The van der Waals surface area contributed by atoms with Gasteiger partial charge in [-0.2, -0.15) is 5.10 Å². The van der Waals surface area contributed by atoms with Crippen molar-refractivity contribution in [2.75, 3.05) is 26.2 Å². The third kappa shape index (κ3) is 4.00. The third-order valence-corrected chi connectivity index (χ3v) is 5.80. The lowest BCUT2D eigenvalue weighted by Crippen LogP contribution is -2.54. The first-order chi connectivity index (χ1) is 13.0. The Morgan fingerprint density at radius 3 is 2.78 bits per heavy atom. The molecule has 2 aliphatic rings. The summed E-state index contributed by atoms with van der Waals surface area (Å²) in [6.45, 7) is 8.90. The number of benzene rings is 1. The van der Waals surface area contributed by atoms with E-state index in [0.717, 1.165) is 50.3 Å². The number of aromatic nitrogens is 2. The van der Waals surface area contributed by atoms with Gasteiger partial charge >= 0.3 is 0 Å². The van der Waals surface area contributed by atoms with Gasteiger partial charge in [-0.1, -0.05) is 17.7 Å². The van der Waals surface area contributed by atoms with E-state index in [2.05, 4.69) is 35.1 Å². The van der Waals surface area contributed by atoms with Crippen molar-refractivity contribution in [2.45, 2.75) is 45.4 Å². The predicted octanol–water partition coefficient (Wildman–Crippen LogP) is 2.47. The molecule has 0 atom stereocenters. The van der Waals surface area contributed by atoms with Crippen LogP contribution in [0.15, 0.2) is 36.7 Å². The molecule has 0 bridgehead atoms. The number of ether oxygens (including phenoxy) is 1. The summed E-state index contributed by atoms with van der Waals surface area (Å²) in [4.78, 5) is 16.6. The first-order valence-electron chi connectivity index (χ1n) is 9.77. The average molecular weight is 368 g/mol. The van der Waals surface area contributed by atoms with Crippen LogP contribution in [0.4, 0.5) is 0 Å². The van der Waals surface area contributed by atoms with Crippen molar-refractivity contribution in [2.24, 2.45) is 0 Å². The minimum absolute atomic E-state index is 0.119. The predicted molar refractivity (Wildman–Crippen MR) is 104 cm³/mol. The normalized spacial score (nSPS) is 19.4. The fourth-order valence-corrected chi connectivity index (χ4v) is 4.15. The topological polar surface area (TPSA) is 50.6 Å². The lowest BCUT2D eigenvalue weighted by molar-refractivity contribution is -0.132. The molecule has 3 heterocycles. The Bertz CT molecular complexity index is 795. The summed E-state index contributed by atoms with van der Waals surface area (Å²) in [5, 5.41) is 4.28. The first-order valence-corrected chi connectivity index (χ1v) is 9.77. The van der Waals surface area contributed by atoms with Crippen LogP contribution in [0, 0.1) is 6.92 Å². The largest absolute Gasteiger partial charge is 0.485 e. The molecule has 27 heavy (non-hydrogen) atoms. The number of carbonyl (C=O) groups excluding carboxylic acids is 1. The van der Waals surface area contributed by atoms with E-state index in [0.29, 0.717) is 13.1 Å². The maximum Gasteiger partial charge on any atom is 0.219 e. The van der Waals surface area contributed by atoms with Gasteiger partial charge in [-0.15, -0.1) is 0 Å². The highest BCUT2D eigenvalue weighted by Gasteiger charge is 2.41. The molecule has 0 radical (unpaired) electrons. The van der Waals surface area contributed by atoms with Crippen molar-refractivity contribution in [3.05, 3.63) is 47.8 Å². The summed E-state index contributed by atoms with van der Waals surface area (Å²) < 4.78 is 8.56. The molecule has 1 saturated heterocycles. The maximum absolute atomic E-state index is 12.2. The molecule has 1 fully saturated rings. The molecule has 0 unspecified atom stereocenters. The van der Waals surface area contributed by atoms with Gasteiger partial charge in [0.05, 0.1) is 13.1 Å². The van der Waals surface area contributed by atoms with Gasteiger partial charge in [0.1, 0.15) is 11.4 Å². The van der Waals surface area contributed by atoms with Crippen LogP contribution in [0.2, 0.25) is 0 Å². The van der Waals surface area contributed by atoms with Crippen LogP contribution in [0.3, 0.4) is 0 Å². The molecule has 6 heteroatoms. The summed E-state index contributed by atoms with van der Waals surface area (Å²) in [5.74, 6) is 1.06. The lowest BCUT2D eigenvalue weighted by atomic mass is 9.90. The van der Waals surface area contributed by atoms with Crippen molar-refractivity contribution in [1.82, 2.24) is 19.6 Å². The fraction of sp³-hybridized carbons (Fsp3) is 0.524. The Labute approximate surface area is 160 Å². The number of hydrogen-bond acceptors (Lipinski definition) is 4. The second-order valence-electron chi connectivity index (χ2n) is 7.88. The molecule has 0 N–H and O–H groups in total. The van der Waals surface area contributed by atoms with Gasteiger partial charge in [-0.3, -0.25) is 9.48 Å². The van der Waals surface area contributed by atoms with Gasteiger partial charge in [-0.25, -0.2) is 0 Å². The Hall–Kier alpha value is -2.34. The number of rotatable bonds is 3. The Kier molecular flexibility index (Phi) is 4.91. The Balaban J connectivity index is 1.47. The maximum atomic E-state index is 12.2. The molecule has 2 aromatic rings. The standard InChI is InChI=1S/C21H28N4O2/c1-17-4-5-20-19(14-17)15-24(18(2)26)16-21(27-20)6-10-23(11-7-21)12-13-25-9-3-8-22-25/h3-5,8-9,14H,6-7,10-13,15-16H2,1-2H3. The zero-order chi connectivity index (χ0) is 18.9. The minimum Gasteiger partial charge on any atom is -0.485 e. The van der Waals surface area contributed by atoms with Crippen LogP contribution >= 0.6 is 0 Å². The fourth-order valence-electron chi connectivity index (χ4n) is 4.15. The molecule has 0 saturated carbocycles. The van der Waals surface area contributed by atoms with Gasteiger partial charge in [0.25, 0.3) is 0 Å². The highest BCUT2D eigenvalue weighted by molar-refractivity contribution is 5.73. The van der Waals surface area contributed by atoms with Gasteiger partial charge in [0, 0.05) is 63.9 Å². The molecular weight excluding hydrogens is 340 g/mol. The van der Waals surface area contributed by atoms with Crippen molar-refractivity contribution in [1.29, 1.82) is 0 Å². The molecule has 1 amide bonds. The number of aryl methyl sites for hydroxylation is 1. The van der Waals surface area contributed by atoms with Crippen molar-refractivity contribution in [3.8, 4) is 5.75 Å². The molecule has 1 aromatic carbocycles. The van der Waals surface area contributed by atoms with E-state index >= 15 is 0 Å². The van der Waals surface area contributed by atoms with E-state index in [-0.39, 0.29) is 11.5 Å². The second-order valence-corrected chi connectivity index (χ2v) is 7.88. The number of hydrogen-bond donors (Lipinski definition) is 0.